The summed E-state index contributed by atoms with van der Waals surface area (Å²) in [5.74, 6) is 0.783. The number of nitrogens with zero attached hydrogens (tertiary/aromatic N) is 3. The minimum Gasteiger partial charge on any atom is -0.357 e. The van der Waals surface area contributed by atoms with Crippen LogP contribution in [0.1, 0.15) is 51.0 Å². The van der Waals surface area contributed by atoms with E-state index < -0.39 is 0 Å². The van der Waals surface area contributed by atoms with Crippen molar-refractivity contribution in [1.29, 1.82) is 0 Å². The van der Waals surface area contributed by atoms with E-state index in [0.29, 0.717) is 6.04 Å². The van der Waals surface area contributed by atoms with Gasteiger partial charge in [0.2, 0.25) is 0 Å². The SMILES string of the molecule is CCNC(=NCCN(C)C1CCCC1)NC1CCN(Cc2ccc(F)cc2)CC1.I. The van der Waals surface area contributed by atoms with Crippen LogP contribution in [-0.4, -0.2) is 67.6 Å². The van der Waals surface area contributed by atoms with Crippen molar-refractivity contribution >= 4 is 29.9 Å². The Bertz CT molecular complexity index is 625. The van der Waals surface area contributed by atoms with Crippen LogP contribution in [0.5, 0.6) is 0 Å². The maximum Gasteiger partial charge on any atom is 0.191 e. The number of nitrogens with one attached hydrogen (secondary N) is 2. The highest BCUT2D eigenvalue weighted by molar-refractivity contribution is 14.0. The normalized spacial score (nSPS) is 19.1. The lowest BCUT2D eigenvalue weighted by molar-refractivity contribution is 0.198. The molecule has 1 saturated heterocycles. The third-order valence-corrected chi connectivity index (χ3v) is 6.26. The second-order valence-electron chi connectivity index (χ2n) is 8.50. The van der Waals surface area contributed by atoms with Crippen LogP contribution < -0.4 is 10.6 Å². The number of benzene rings is 1. The molecule has 2 N–H and O–H groups in total. The summed E-state index contributed by atoms with van der Waals surface area (Å²) in [7, 11) is 2.24. The van der Waals surface area contributed by atoms with Crippen LogP contribution in [-0.2, 0) is 6.54 Å². The first-order valence-corrected chi connectivity index (χ1v) is 11.4. The maximum atomic E-state index is 13.1. The van der Waals surface area contributed by atoms with Crippen molar-refractivity contribution in [3.05, 3.63) is 35.6 Å². The lowest BCUT2D eigenvalue weighted by atomic mass is 10.0. The second-order valence-corrected chi connectivity index (χ2v) is 8.50. The predicted octanol–water partition coefficient (Wildman–Crippen LogP) is 3.84. The van der Waals surface area contributed by atoms with Crippen molar-refractivity contribution in [3.8, 4) is 0 Å². The molecule has 170 valence electrons. The van der Waals surface area contributed by atoms with E-state index in [4.69, 9.17) is 4.99 Å². The predicted molar refractivity (Wildman–Crippen MR) is 134 cm³/mol. The van der Waals surface area contributed by atoms with Crippen molar-refractivity contribution in [2.45, 2.75) is 64.1 Å². The van der Waals surface area contributed by atoms with Crippen LogP contribution >= 0.6 is 24.0 Å². The van der Waals surface area contributed by atoms with Gasteiger partial charge in [0.05, 0.1) is 6.54 Å². The molecule has 0 aromatic heterocycles. The zero-order valence-electron chi connectivity index (χ0n) is 18.6. The summed E-state index contributed by atoms with van der Waals surface area (Å²) in [4.78, 5) is 9.75. The number of halogens is 2. The molecule has 1 aliphatic heterocycles. The highest BCUT2D eigenvalue weighted by atomic mass is 127. The van der Waals surface area contributed by atoms with Gasteiger partial charge in [0.25, 0.3) is 0 Å². The third kappa shape index (κ3) is 8.30. The van der Waals surface area contributed by atoms with E-state index >= 15 is 0 Å². The number of piperidine rings is 1. The summed E-state index contributed by atoms with van der Waals surface area (Å²) in [6.07, 6.45) is 7.65. The van der Waals surface area contributed by atoms with Gasteiger partial charge in [0.1, 0.15) is 5.82 Å². The Morgan fingerprint density at radius 1 is 1.13 bits per heavy atom. The largest absolute Gasteiger partial charge is 0.357 e. The first kappa shape index (κ1) is 25.3. The van der Waals surface area contributed by atoms with E-state index in [1.54, 1.807) is 12.1 Å². The Hall–Kier alpha value is -0.930. The minimum absolute atomic E-state index is 0. The van der Waals surface area contributed by atoms with Crippen LogP contribution in [0.25, 0.3) is 0 Å². The van der Waals surface area contributed by atoms with Crippen LogP contribution in [0.4, 0.5) is 4.39 Å². The maximum absolute atomic E-state index is 13.1. The number of guanidine groups is 1. The minimum atomic E-state index is -0.165. The molecule has 7 heteroatoms. The quantitative estimate of drug-likeness (QED) is 0.304. The lowest BCUT2D eigenvalue weighted by Crippen LogP contribution is -2.48. The van der Waals surface area contributed by atoms with Gasteiger partial charge < -0.3 is 15.5 Å². The Morgan fingerprint density at radius 2 is 1.80 bits per heavy atom. The van der Waals surface area contributed by atoms with E-state index in [9.17, 15) is 4.39 Å². The fourth-order valence-electron chi connectivity index (χ4n) is 4.44. The molecule has 0 radical (unpaired) electrons. The van der Waals surface area contributed by atoms with Gasteiger partial charge in [-0.15, -0.1) is 24.0 Å². The molecule has 0 bridgehead atoms. The van der Waals surface area contributed by atoms with Crippen LogP contribution in [0.3, 0.4) is 0 Å². The summed E-state index contributed by atoms with van der Waals surface area (Å²) in [6, 6.07) is 8.09. The van der Waals surface area contributed by atoms with Gasteiger partial charge in [-0.05, 0) is 57.4 Å². The first-order chi connectivity index (χ1) is 14.1. The van der Waals surface area contributed by atoms with Gasteiger partial charge in [-0.2, -0.15) is 0 Å². The number of aliphatic imine (C=N–C) groups is 1. The fourth-order valence-corrected chi connectivity index (χ4v) is 4.44. The number of likely N-dealkylation sites (tertiary alicyclic amines) is 1. The van der Waals surface area contributed by atoms with Gasteiger partial charge in [-0.3, -0.25) is 9.89 Å². The van der Waals surface area contributed by atoms with E-state index in [2.05, 4.69) is 34.4 Å². The third-order valence-electron chi connectivity index (χ3n) is 6.26. The molecule has 2 fully saturated rings. The van der Waals surface area contributed by atoms with Crippen LogP contribution in [0, 0.1) is 5.82 Å². The zero-order valence-corrected chi connectivity index (χ0v) is 20.9. The van der Waals surface area contributed by atoms with Crippen molar-refractivity contribution in [2.24, 2.45) is 4.99 Å². The summed E-state index contributed by atoms with van der Waals surface area (Å²) >= 11 is 0. The molecule has 0 unspecified atom stereocenters. The van der Waals surface area contributed by atoms with Crippen molar-refractivity contribution < 1.29 is 4.39 Å². The summed E-state index contributed by atoms with van der Waals surface area (Å²) in [5.41, 5.74) is 1.18. The van der Waals surface area contributed by atoms with Gasteiger partial charge in [0, 0.05) is 44.8 Å². The molecule has 1 aromatic carbocycles. The van der Waals surface area contributed by atoms with E-state index in [0.717, 1.165) is 64.1 Å². The highest BCUT2D eigenvalue weighted by Crippen LogP contribution is 2.22. The molecule has 30 heavy (non-hydrogen) atoms. The van der Waals surface area contributed by atoms with Crippen molar-refractivity contribution in [3.63, 3.8) is 0 Å². The second kappa shape index (κ2) is 13.5. The molecular formula is C23H39FIN5. The molecule has 0 spiro atoms. The average molecular weight is 532 g/mol. The van der Waals surface area contributed by atoms with Crippen LogP contribution in [0.15, 0.2) is 29.3 Å². The molecule has 5 nitrogen and oxygen atoms in total. The molecule has 1 aliphatic carbocycles. The Morgan fingerprint density at radius 3 is 2.43 bits per heavy atom. The standard InChI is InChI=1S/C23H38FN5.HI/c1-3-25-23(26-14-17-28(2)22-6-4-5-7-22)27-21-12-15-29(16-13-21)18-19-8-10-20(24)11-9-19;/h8-11,21-22H,3-7,12-18H2,1-2H3,(H2,25,26,27);1H. The molecular weight excluding hydrogens is 492 g/mol. The van der Waals surface area contributed by atoms with Gasteiger partial charge in [-0.1, -0.05) is 25.0 Å². The molecule has 2 aliphatic rings. The summed E-state index contributed by atoms with van der Waals surface area (Å²) < 4.78 is 13.1. The molecule has 1 aromatic rings. The number of likely N-dealkylation sites (N-methyl/N-ethyl adjacent to an activating group) is 1. The smallest absolute Gasteiger partial charge is 0.191 e. The van der Waals surface area contributed by atoms with E-state index in [1.807, 2.05) is 12.1 Å². The summed E-state index contributed by atoms with van der Waals surface area (Å²) in [5, 5.41) is 7.04. The van der Waals surface area contributed by atoms with Gasteiger partial charge in [0.15, 0.2) is 5.96 Å². The first-order valence-electron chi connectivity index (χ1n) is 11.4. The fraction of sp³-hybridized carbons (Fsp3) is 0.696. The highest BCUT2D eigenvalue weighted by Gasteiger charge is 2.21. The molecule has 0 atom stereocenters. The monoisotopic (exact) mass is 531 g/mol. The van der Waals surface area contributed by atoms with E-state index in [1.165, 1.54) is 31.2 Å². The Labute approximate surface area is 198 Å². The van der Waals surface area contributed by atoms with Gasteiger partial charge >= 0.3 is 0 Å². The molecule has 3 rings (SSSR count). The van der Waals surface area contributed by atoms with Crippen molar-refractivity contribution in [2.75, 3.05) is 39.8 Å². The number of rotatable bonds is 8. The van der Waals surface area contributed by atoms with Crippen LogP contribution in [0.2, 0.25) is 0 Å². The zero-order chi connectivity index (χ0) is 20.5. The topological polar surface area (TPSA) is 42.9 Å². The molecule has 1 saturated carbocycles. The Kier molecular flexibility index (Phi) is 11.4. The lowest BCUT2D eigenvalue weighted by Gasteiger charge is -2.33. The number of hydrogen-bond acceptors (Lipinski definition) is 3. The average Bonchev–Trinajstić information content (AvgIpc) is 3.26. The number of hydrogen-bond donors (Lipinski definition) is 2. The molecule has 0 amide bonds. The summed E-state index contributed by atoms with van der Waals surface area (Å²) in [6.45, 7) is 7.87. The Balaban J connectivity index is 0.00000320. The molecule has 1 heterocycles. The van der Waals surface area contributed by atoms with E-state index in [-0.39, 0.29) is 29.8 Å². The van der Waals surface area contributed by atoms with Crippen molar-refractivity contribution in [1.82, 2.24) is 20.4 Å². The van der Waals surface area contributed by atoms with Gasteiger partial charge in [-0.25, -0.2) is 4.39 Å².